The second-order valence-electron chi connectivity index (χ2n) is 21.2. The molecule has 0 saturated heterocycles. The molecule has 0 heteroatoms. The minimum absolute atomic E-state index is 0.740. The Bertz CT molecular complexity index is 904. The first-order chi connectivity index (χ1) is 23.5. The molecule has 0 nitrogen and oxygen atoms in total. The maximum atomic E-state index is 2.57. The smallest absolute Gasteiger partial charge is 0.0207 e. The van der Waals surface area contributed by atoms with Crippen LogP contribution in [0.2, 0.25) is 0 Å². The first-order valence-electron chi connectivity index (χ1n) is 23.5. The quantitative estimate of drug-likeness (QED) is 0.264. The van der Waals surface area contributed by atoms with Crippen molar-refractivity contribution in [1.82, 2.24) is 0 Å². The Kier molecular flexibility index (Phi) is 12.7. The first kappa shape index (κ1) is 36.4. The van der Waals surface area contributed by atoms with Crippen LogP contribution in [-0.4, -0.2) is 0 Å². The van der Waals surface area contributed by atoms with Gasteiger partial charge < -0.3 is 0 Å². The maximum absolute atomic E-state index is 2.57. The Morgan fingerprint density at radius 3 is 1.46 bits per heavy atom. The molecule has 0 heterocycles. The second-order valence-corrected chi connectivity index (χ2v) is 21.2. The summed E-state index contributed by atoms with van der Waals surface area (Å²) in [5.74, 6) is 8.61. The van der Waals surface area contributed by atoms with E-state index in [-0.39, 0.29) is 0 Å². The van der Waals surface area contributed by atoms with Gasteiger partial charge in [-0.05, 0) is 141 Å². The molecule has 10 aliphatic carbocycles. The molecule has 0 amide bonds. The van der Waals surface area contributed by atoms with E-state index in [0.29, 0.717) is 0 Å². The van der Waals surface area contributed by atoms with Gasteiger partial charge in [0.1, 0.15) is 0 Å². The highest BCUT2D eigenvalue weighted by molar-refractivity contribution is 5.15. The lowest BCUT2D eigenvalue weighted by Gasteiger charge is -2.69. The molecule has 0 radical (unpaired) electrons. The fourth-order valence-electron chi connectivity index (χ4n) is 15.7. The summed E-state index contributed by atoms with van der Waals surface area (Å²) >= 11 is 0. The lowest BCUT2D eigenvalue weighted by molar-refractivity contribution is -0.195. The average molecular weight is 661 g/mol. The van der Waals surface area contributed by atoms with E-state index in [9.17, 15) is 0 Å². The van der Waals surface area contributed by atoms with Crippen LogP contribution in [0.4, 0.5) is 0 Å². The van der Waals surface area contributed by atoms with E-state index in [2.05, 4.69) is 13.8 Å². The van der Waals surface area contributed by atoms with Crippen LogP contribution in [0.15, 0.2) is 0 Å². The highest BCUT2D eigenvalue weighted by Gasteiger charge is 2.65. The summed E-state index contributed by atoms with van der Waals surface area (Å²) < 4.78 is 0. The van der Waals surface area contributed by atoms with Crippen molar-refractivity contribution < 1.29 is 0 Å². The third kappa shape index (κ3) is 8.29. The van der Waals surface area contributed by atoms with Gasteiger partial charge in [0.25, 0.3) is 0 Å². The molecule has 5 unspecified atom stereocenters. The van der Waals surface area contributed by atoms with E-state index >= 15 is 0 Å². The van der Waals surface area contributed by atoms with E-state index in [4.69, 9.17) is 0 Å². The van der Waals surface area contributed by atoms with Gasteiger partial charge >= 0.3 is 0 Å². The molecule has 5 atom stereocenters. The van der Waals surface area contributed by atoms with Crippen molar-refractivity contribution in [2.24, 2.45) is 63.6 Å². The zero-order valence-corrected chi connectivity index (χ0v) is 32.9. The second kappa shape index (κ2) is 16.8. The molecular weight excluding hydrogens is 577 g/mol. The molecule has 0 aromatic rings. The topological polar surface area (TPSA) is 0 Å². The normalized spacial score (nSPS) is 47.4. The fraction of sp³-hybridized carbons (Fsp3) is 1.00. The van der Waals surface area contributed by atoms with E-state index in [0.717, 1.165) is 63.6 Å². The Labute approximate surface area is 301 Å². The number of rotatable bonds is 3. The van der Waals surface area contributed by atoms with Gasteiger partial charge in [-0.1, -0.05) is 162 Å². The monoisotopic (exact) mass is 661 g/mol. The molecule has 10 fully saturated rings. The van der Waals surface area contributed by atoms with Crippen LogP contribution in [0, 0.1) is 63.6 Å². The van der Waals surface area contributed by atoms with E-state index in [1.165, 1.54) is 96.3 Å². The zero-order valence-electron chi connectivity index (χ0n) is 32.9. The molecule has 0 aromatic carbocycles. The highest BCUT2D eigenvalue weighted by Crippen LogP contribution is 2.75. The van der Waals surface area contributed by atoms with Gasteiger partial charge in [-0.2, -0.15) is 0 Å². The molecule has 0 aliphatic heterocycles. The third-order valence-corrected chi connectivity index (χ3v) is 17.8. The number of hydrogen-bond acceptors (Lipinski definition) is 0. The van der Waals surface area contributed by atoms with Crippen LogP contribution in [0.1, 0.15) is 239 Å². The van der Waals surface area contributed by atoms with Crippen molar-refractivity contribution in [3.8, 4) is 0 Å². The minimum atomic E-state index is 0.740. The predicted octanol–water partition coefficient (Wildman–Crippen LogP) is 15.7. The molecule has 0 aromatic heterocycles. The Balaban J connectivity index is 0.000000234. The van der Waals surface area contributed by atoms with E-state index < -0.39 is 0 Å². The summed E-state index contributed by atoms with van der Waals surface area (Å²) in [7, 11) is 0. The van der Waals surface area contributed by atoms with Crippen molar-refractivity contribution >= 4 is 0 Å². The number of hydrogen-bond donors (Lipinski definition) is 0. The van der Waals surface area contributed by atoms with Crippen LogP contribution >= 0.6 is 0 Å². The van der Waals surface area contributed by atoms with Gasteiger partial charge in [0, 0.05) is 0 Å². The summed E-state index contributed by atoms with van der Waals surface area (Å²) in [6.45, 7) is 5.11. The summed E-state index contributed by atoms with van der Waals surface area (Å²) in [4.78, 5) is 0. The standard InChI is InChI=1S/C35H58.C7H14.C6H12/c1-25-9-13-27(14-10-25)20-35(29-15-11-26(2)12-16-29)30-19-28(31-7-3-4-8-32(31)35)21-33-17-5-6-18-34(22-30,23-33)24-33;1-2-4-6-7-5-3-1;1-2-4-6-5-3-1/h25-32H,3-24H2,1-2H3;1-7H2;1-6H2. The zero-order chi connectivity index (χ0) is 32.9. The van der Waals surface area contributed by atoms with Crippen molar-refractivity contribution in [3.05, 3.63) is 0 Å². The molecule has 276 valence electrons. The predicted molar refractivity (Wildman–Crippen MR) is 208 cm³/mol. The lowest BCUT2D eigenvalue weighted by Crippen LogP contribution is -2.60. The van der Waals surface area contributed by atoms with Gasteiger partial charge in [0.15, 0.2) is 0 Å². The first-order valence-corrected chi connectivity index (χ1v) is 23.5. The van der Waals surface area contributed by atoms with Gasteiger partial charge in [-0.25, -0.2) is 0 Å². The van der Waals surface area contributed by atoms with Crippen LogP contribution < -0.4 is 0 Å². The molecule has 0 spiro atoms. The summed E-state index contributed by atoms with van der Waals surface area (Å²) in [6, 6.07) is 0. The fourth-order valence-corrected chi connectivity index (χ4v) is 15.7. The van der Waals surface area contributed by atoms with Gasteiger partial charge in [0.2, 0.25) is 0 Å². The number of fused-ring (bicyclic) bond motifs is 7. The van der Waals surface area contributed by atoms with Crippen molar-refractivity contribution in [2.45, 2.75) is 239 Å². The molecule has 10 rings (SSSR count). The molecule has 48 heavy (non-hydrogen) atoms. The summed E-state index contributed by atoms with van der Waals surface area (Å²) in [6.07, 6.45) is 54.8. The van der Waals surface area contributed by atoms with Crippen LogP contribution in [0.3, 0.4) is 0 Å². The van der Waals surface area contributed by atoms with Gasteiger partial charge in [0.05, 0.1) is 0 Å². The lowest BCUT2D eigenvalue weighted by atomic mass is 9.36. The third-order valence-electron chi connectivity index (χ3n) is 17.8. The summed E-state index contributed by atoms with van der Waals surface area (Å²) in [5, 5.41) is 0. The molecular formula is C48H84. The van der Waals surface area contributed by atoms with Crippen LogP contribution in [0.5, 0.6) is 0 Å². The minimum Gasteiger partial charge on any atom is -0.0625 e. The highest BCUT2D eigenvalue weighted by atomic mass is 14.7. The Morgan fingerprint density at radius 1 is 0.438 bits per heavy atom. The Morgan fingerprint density at radius 2 is 0.917 bits per heavy atom. The van der Waals surface area contributed by atoms with Crippen LogP contribution in [-0.2, 0) is 0 Å². The van der Waals surface area contributed by atoms with Crippen molar-refractivity contribution in [2.75, 3.05) is 0 Å². The largest absolute Gasteiger partial charge is 0.0625 e. The summed E-state index contributed by atoms with van der Waals surface area (Å²) in [5.41, 5.74) is 2.35. The maximum Gasteiger partial charge on any atom is -0.0207 e. The van der Waals surface area contributed by atoms with Gasteiger partial charge in [-0.15, -0.1) is 0 Å². The molecule has 10 saturated carbocycles. The molecule has 4 bridgehead atoms. The SMILES string of the molecule is C1CCCCC1.C1CCCCCC1.CC1CCC(CC2(C3CCC(C)CC3)C3CC(CC45CCCCC(C3)(C4)C5)C3CCCCC32)CC1. The molecule has 0 N–H and O–H groups in total. The molecule has 10 aliphatic rings. The van der Waals surface area contributed by atoms with Crippen molar-refractivity contribution in [1.29, 1.82) is 0 Å². The van der Waals surface area contributed by atoms with E-state index in [1.807, 2.05) is 0 Å². The van der Waals surface area contributed by atoms with Crippen LogP contribution in [0.25, 0.3) is 0 Å². The van der Waals surface area contributed by atoms with Gasteiger partial charge in [-0.3, -0.25) is 0 Å². The average Bonchev–Trinajstić information content (AvgIpc) is 3.58. The van der Waals surface area contributed by atoms with Crippen molar-refractivity contribution in [3.63, 3.8) is 0 Å². The van der Waals surface area contributed by atoms with E-state index in [1.54, 1.807) is 128 Å². The Hall–Kier alpha value is 0.